The van der Waals surface area contributed by atoms with E-state index in [-0.39, 0.29) is 37.8 Å². The Bertz CT molecular complexity index is 3990. The Morgan fingerprint density at radius 2 is 1.11 bits per heavy atom. The van der Waals surface area contributed by atoms with Gasteiger partial charge in [-0.15, -0.1) is 48.0 Å². The van der Waals surface area contributed by atoms with Gasteiger partial charge >= 0.3 is 6.18 Å². The molecule has 0 saturated heterocycles. The molecular formula is C65H50F4IrN4O-2. The molecule has 0 spiro atoms. The summed E-state index contributed by atoms with van der Waals surface area (Å²) in [5.74, 6) is 1.52. The third kappa shape index (κ3) is 9.38. The van der Waals surface area contributed by atoms with E-state index in [0.29, 0.717) is 28.1 Å². The normalized spacial score (nSPS) is 11.7. The van der Waals surface area contributed by atoms with Gasteiger partial charge in [0, 0.05) is 42.4 Å². The maximum absolute atomic E-state index is 15.6. The molecule has 0 bridgehead atoms. The Hall–Kier alpha value is -7.91. The fraction of sp³-hybridized carbons (Fsp3) is 0.138. The van der Waals surface area contributed by atoms with Crippen molar-refractivity contribution in [1.82, 2.24) is 19.1 Å². The fourth-order valence-electron chi connectivity index (χ4n) is 10.1. The second-order valence-electron chi connectivity index (χ2n) is 19.3. The number of hydrogen-bond acceptors (Lipinski definition) is 3. The number of imidazole rings is 2. The van der Waals surface area contributed by atoms with Crippen molar-refractivity contribution >= 4 is 44.0 Å². The van der Waals surface area contributed by atoms with Crippen LogP contribution in [0.1, 0.15) is 67.3 Å². The van der Waals surface area contributed by atoms with E-state index >= 15 is 4.39 Å². The molecule has 0 aliphatic heterocycles. The van der Waals surface area contributed by atoms with Crippen LogP contribution in [-0.4, -0.2) is 19.1 Å². The molecule has 0 amide bonds. The average molecular weight is 1170 g/mol. The minimum absolute atomic E-state index is 0. The molecule has 12 aromatic rings. The molecule has 0 atom stereocenters. The van der Waals surface area contributed by atoms with Crippen molar-refractivity contribution in [2.24, 2.45) is 0 Å². The van der Waals surface area contributed by atoms with Crippen molar-refractivity contribution in [3.05, 3.63) is 228 Å². The van der Waals surface area contributed by atoms with Gasteiger partial charge in [0.1, 0.15) is 11.4 Å². The van der Waals surface area contributed by atoms with Crippen molar-refractivity contribution in [1.29, 1.82) is 0 Å². The van der Waals surface area contributed by atoms with Gasteiger partial charge in [-0.1, -0.05) is 142 Å². The maximum Gasteiger partial charge on any atom is 0.381 e. The van der Waals surface area contributed by atoms with E-state index in [9.17, 15) is 13.2 Å². The van der Waals surface area contributed by atoms with E-state index < -0.39 is 11.7 Å². The van der Waals surface area contributed by atoms with Gasteiger partial charge < -0.3 is 13.6 Å². The first-order chi connectivity index (χ1) is 35.7. The molecule has 0 aliphatic rings. The third-order valence-electron chi connectivity index (χ3n) is 13.7. The van der Waals surface area contributed by atoms with Crippen LogP contribution in [0.15, 0.2) is 186 Å². The standard InChI is InChI=1S/C43H34FN2O.C22H16F3N2.Ir/c1-26(2)33-22-30(28-14-7-5-8-15-28)23-34(27(3)4)41(33)46-39-21-12-11-20-38(39)45-43(46)32-19-13-18-31-36-24-37(44)35(25-40(36)47-42(31)32)29-16-9-6-10-17-29;1-14-6-5-7-15(2)20(14)27-19-9-4-3-8-18(19)26-21(27)16-10-12-17(13-11-16)22(23,24)25;/h5-18,20-27H,1-4H3;3-10,12-13H,1-2H3;/q2*-1;. The van der Waals surface area contributed by atoms with Crippen LogP contribution in [-0.2, 0) is 26.3 Å². The molecule has 75 heavy (non-hydrogen) atoms. The van der Waals surface area contributed by atoms with Crippen LogP contribution in [0.2, 0.25) is 0 Å². The van der Waals surface area contributed by atoms with Crippen molar-refractivity contribution in [2.75, 3.05) is 0 Å². The largest absolute Gasteiger partial charge is 0.501 e. The van der Waals surface area contributed by atoms with E-state index in [1.807, 2.05) is 115 Å². The van der Waals surface area contributed by atoms with E-state index in [1.54, 1.807) is 6.07 Å². The van der Waals surface area contributed by atoms with Gasteiger partial charge in [-0.05, 0) is 119 Å². The number of nitrogens with zero attached hydrogens (tertiary/aromatic N) is 4. The summed E-state index contributed by atoms with van der Waals surface area (Å²) in [6.07, 6.45) is -4.39. The van der Waals surface area contributed by atoms with E-state index in [1.165, 1.54) is 28.3 Å². The summed E-state index contributed by atoms with van der Waals surface area (Å²) in [5.41, 5.74) is 15.8. The summed E-state index contributed by atoms with van der Waals surface area (Å²) in [6, 6.07) is 63.7. The number of aryl methyl sites for hydroxylation is 2. The second-order valence-corrected chi connectivity index (χ2v) is 19.3. The average Bonchev–Trinajstić information content (AvgIpc) is 4.10. The van der Waals surface area contributed by atoms with Gasteiger partial charge in [-0.3, -0.25) is 9.97 Å². The molecule has 5 nitrogen and oxygen atoms in total. The van der Waals surface area contributed by atoms with Gasteiger partial charge in [-0.2, -0.15) is 13.2 Å². The summed E-state index contributed by atoms with van der Waals surface area (Å²) in [6.45, 7) is 13.0. The molecule has 1 radical (unpaired) electrons. The predicted octanol–water partition coefficient (Wildman–Crippen LogP) is 18.2. The Morgan fingerprint density at radius 3 is 1.68 bits per heavy atom. The number of rotatable bonds is 8. The van der Waals surface area contributed by atoms with Gasteiger partial charge in [0.15, 0.2) is 0 Å². The van der Waals surface area contributed by atoms with Crippen LogP contribution in [0.5, 0.6) is 0 Å². The van der Waals surface area contributed by atoms with Crippen LogP contribution in [0, 0.1) is 31.8 Å². The second kappa shape index (κ2) is 20.4. The molecule has 9 aromatic carbocycles. The Kier molecular flexibility index (Phi) is 13.8. The SMILES string of the molecule is CC(C)c1cc(-c2ccccc2)cc(C(C)C)c1-n1c(-c2[c-]ccc3c2oc2cc(-c4ccccc4)c(F)cc23)nc2ccccc21.Cc1cccc(C)c1-n1c(-c2[c-]cc(C(F)(F)F)cc2)nc2ccccc21.[Ir]. The molecule has 10 heteroatoms. The number of furan rings is 1. The van der Waals surface area contributed by atoms with Crippen molar-refractivity contribution in [3.63, 3.8) is 0 Å². The van der Waals surface area contributed by atoms with Gasteiger partial charge in [0.25, 0.3) is 0 Å². The molecule has 0 saturated carbocycles. The summed E-state index contributed by atoms with van der Waals surface area (Å²) in [4.78, 5) is 9.93. The Labute approximate surface area is 446 Å². The minimum Gasteiger partial charge on any atom is -0.501 e. The Balaban J connectivity index is 0.000000195. The zero-order valence-corrected chi connectivity index (χ0v) is 44.4. The summed E-state index contributed by atoms with van der Waals surface area (Å²) >= 11 is 0. The topological polar surface area (TPSA) is 48.8 Å². The number of halogens is 4. The van der Waals surface area contributed by atoms with Crippen LogP contribution < -0.4 is 0 Å². The number of hydrogen-bond donors (Lipinski definition) is 0. The van der Waals surface area contributed by atoms with Crippen molar-refractivity contribution in [2.45, 2.75) is 59.6 Å². The minimum atomic E-state index is -4.39. The summed E-state index contributed by atoms with van der Waals surface area (Å²) in [5, 5.41) is 1.56. The third-order valence-corrected chi connectivity index (χ3v) is 13.7. The van der Waals surface area contributed by atoms with E-state index in [0.717, 1.165) is 84.4 Å². The molecule has 3 heterocycles. The first-order valence-electron chi connectivity index (χ1n) is 24.7. The molecule has 3 aromatic heterocycles. The quantitative estimate of drug-likeness (QED) is 0.113. The van der Waals surface area contributed by atoms with Crippen LogP contribution in [0.4, 0.5) is 17.6 Å². The number of alkyl halides is 3. The van der Waals surface area contributed by atoms with Crippen LogP contribution >= 0.6 is 0 Å². The van der Waals surface area contributed by atoms with Gasteiger partial charge in [-0.25, -0.2) is 4.39 Å². The predicted molar refractivity (Wildman–Crippen MR) is 291 cm³/mol. The molecule has 375 valence electrons. The van der Waals surface area contributed by atoms with Crippen LogP contribution in [0.25, 0.3) is 100 Å². The maximum atomic E-state index is 15.6. The molecular weight excluding hydrogens is 1120 g/mol. The zero-order valence-electron chi connectivity index (χ0n) is 42.0. The first-order valence-corrected chi connectivity index (χ1v) is 24.7. The Morgan fingerprint density at radius 1 is 0.547 bits per heavy atom. The monoisotopic (exact) mass is 1170 g/mol. The smallest absolute Gasteiger partial charge is 0.381 e. The molecule has 0 aliphatic carbocycles. The number of para-hydroxylation sites is 5. The number of benzene rings is 9. The molecule has 0 unspecified atom stereocenters. The van der Waals surface area contributed by atoms with Crippen molar-refractivity contribution < 1.29 is 42.1 Å². The molecule has 0 fully saturated rings. The van der Waals surface area contributed by atoms with Gasteiger partial charge in [0.05, 0.1) is 39.3 Å². The number of fused-ring (bicyclic) bond motifs is 5. The van der Waals surface area contributed by atoms with E-state index in [4.69, 9.17) is 9.40 Å². The summed E-state index contributed by atoms with van der Waals surface area (Å²) in [7, 11) is 0. The molecule has 12 rings (SSSR count). The van der Waals surface area contributed by atoms with Crippen LogP contribution in [0.3, 0.4) is 0 Å². The fourth-order valence-corrected chi connectivity index (χ4v) is 10.1. The molecule has 0 N–H and O–H groups in total. The van der Waals surface area contributed by atoms with Gasteiger partial charge in [0.2, 0.25) is 0 Å². The van der Waals surface area contributed by atoms with Crippen molar-refractivity contribution in [3.8, 4) is 56.4 Å². The van der Waals surface area contributed by atoms with E-state index in [2.05, 4.69) is 110 Å². The summed E-state index contributed by atoms with van der Waals surface area (Å²) < 4.78 is 65.2. The zero-order chi connectivity index (χ0) is 51.4. The first kappa shape index (κ1) is 50.6. The number of aromatic nitrogens is 4.